The van der Waals surface area contributed by atoms with Gasteiger partial charge in [0.2, 0.25) is 0 Å². The molecular weight excluding hydrogens is 324 g/mol. The number of nitrogens with two attached hydrogens (primary N) is 2. The molecule has 7 heteroatoms. The van der Waals surface area contributed by atoms with E-state index in [0.717, 1.165) is 26.7 Å². The van der Waals surface area contributed by atoms with Gasteiger partial charge < -0.3 is 21.7 Å². The molecule has 3 rings (SSSR count). The van der Waals surface area contributed by atoms with Crippen LogP contribution in [0.1, 0.15) is 0 Å². The Hall–Kier alpha value is -2.06. The second-order valence-electron chi connectivity index (χ2n) is 5.45. The highest BCUT2D eigenvalue weighted by molar-refractivity contribution is 7.97. The molecule has 6 nitrogen and oxygen atoms in total. The van der Waals surface area contributed by atoms with Gasteiger partial charge in [0, 0.05) is 34.4 Å². The Morgan fingerprint density at radius 1 is 0.917 bits per heavy atom. The normalized spacial score (nSPS) is 11.6. The van der Waals surface area contributed by atoms with Gasteiger partial charge in [-0.25, -0.2) is 9.29 Å². The summed E-state index contributed by atoms with van der Waals surface area (Å²) in [6, 6.07) is 11.4. The zero-order valence-corrected chi connectivity index (χ0v) is 14.0. The topological polar surface area (TPSA) is 109 Å². The van der Waals surface area contributed by atoms with E-state index >= 15 is 0 Å². The third-order valence-corrected chi connectivity index (χ3v) is 4.83. The van der Waals surface area contributed by atoms with E-state index in [0.29, 0.717) is 24.5 Å². The molecule has 1 aromatic heterocycles. The summed E-state index contributed by atoms with van der Waals surface area (Å²) in [7, 11) is 0. The Bertz CT molecular complexity index is 866. The molecule has 0 aliphatic heterocycles. The lowest BCUT2D eigenvalue weighted by atomic mass is 10.1. The van der Waals surface area contributed by atoms with E-state index in [1.54, 1.807) is 0 Å². The van der Waals surface area contributed by atoms with Crippen LogP contribution in [0.5, 0.6) is 0 Å². The molecule has 0 amide bonds. The molecule has 24 heavy (non-hydrogen) atoms. The van der Waals surface area contributed by atoms with Gasteiger partial charge in [-0.15, -0.1) is 0 Å². The van der Waals surface area contributed by atoms with E-state index in [9.17, 15) is 0 Å². The molecule has 0 aliphatic carbocycles. The molecular formula is C17H20N4O2S. The number of benzene rings is 2. The molecule has 0 unspecified atom stereocenters. The van der Waals surface area contributed by atoms with Crippen molar-refractivity contribution in [3.05, 3.63) is 36.4 Å². The Kier molecular flexibility index (Phi) is 5.06. The SMILES string of the molecule is Nc1ccc2nc3ccc(SN(CCO)CCO)cc3c(N)c2c1. The van der Waals surface area contributed by atoms with Crippen LogP contribution in [-0.4, -0.2) is 45.8 Å². The first-order chi connectivity index (χ1) is 11.6. The summed E-state index contributed by atoms with van der Waals surface area (Å²) in [5.41, 5.74) is 15.1. The number of aliphatic hydroxyl groups is 2. The second-order valence-corrected chi connectivity index (χ2v) is 6.62. The molecule has 1 heterocycles. The predicted molar refractivity (Wildman–Crippen MR) is 99.7 cm³/mol. The maximum Gasteiger partial charge on any atom is 0.0731 e. The minimum absolute atomic E-state index is 0.0359. The molecule has 2 aromatic carbocycles. The smallest absolute Gasteiger partial charge is 0.0731 e. The van der Waals surface area contributed by atoms with Gasteiger partial charge in [-0.1, -0.05) is 0 Å². The first-order valence-corrected chi connectivity index (χ1v) is 8.43. The number of rotatable bonds is 6. The van der Waals surface area contributed by atoms with Crippen molar-refractivity contribution in [3.8, 4) is 0 Å². The highest BCUT2D eigenvalue weighted by Crippen LogP contribution is 2.33. The number of aliphatic hydroxyl groups excluding tert-OH is 2. The summed E-state index contributed by atoms with van der Waals surface area (Å²) < 4.78 is 1.91. The zero-order chi connectivity index (χ0) is 17.1. The molecule has 0 aliphatic rings. The van der Waals surface area contributed by atoms with E-state index in [1.165, 1.54) is 11.9 Å². The molecule has 0 fully saturated rings. The van der Waals surface area contributed by atoms with Crippen molar-refractivity contribution >= 4 is 45.1 Å². The third kappa shape index (κ3) is 3.39. The summed E-state index contributed by atoms with van der Waals surface area (Å²) in [4.78, 5) is 5.61. The molecule has 0 saturated heterocycles. The summed E-state index contributed by atoms with van der Waals surface area (Å²) in [5.74, 6) is 0. The zero-order valence-electron chi connectivity index (χ0n) is 13.1. The van der Waals surface area contributed by atoms with Crippen molar-refractivity contribution in [1.29, 1.82) is 0 Å². The van der Waals surface area contributed by atoms with E-state index in [1.807, 2.05) is 40.7 Å². The second kappa shape index (κ2) is 7.23. The number of aromatic nitrogens is 1. The van der Waals surface area contributed by atoms with Crippen molar-refractivity contribution in [2.24, 2.45) is 0 Å². The minimum Gasteiger partial charge on any atom is -0.399 e. The molecule has 0 spiro atoms. The highest BCUT2D eigenvalue weighted by Gasteiger charge is 2.10. The molecule has 0 bridgehead atoms. The van der Waals surface area contributed by atoms with Crippen LogP contribution in [0.25, 0.3) is 21.8 Å². The molecule has 0 saturated carbocycles. The Morgan fingerprint density at radius 2 is 1.54 bits per heavy atom. The highest BCUT2D eigenvalue weighted by atomic mass is 32.2. The van der Waals surface area contributed by atoms with Crippen molar-refractivity contribution in [2.75, 3.05) is 37.8 Å². The van der Waals surface area contributed by atoms with Gasteiger partial charge in [0.05, 0.1) is 29.9 Å². The number of nitrogens with zero attached hydrogens (tertiary/aromatic N) is 2. The van der Waals surface area contributed by atoms with E-state index in [4.69, 9.17) is 21.7 Å². The fraction of sp³-hybridized carbons (Fsp3) is 0.235. The van der Waals surface area contributed by atoms with Crippen molar-refractivity contribution in [1.82, 2.24) is 9.29 Å². The van der Waals surface area contributed by atoms with Gasteiger partial charge in [0.1, 0.15) is 0 Å². The van der Waals surface area contributed by atoms with Crippen LogP contribution in [0, 0.1) is 0 Å². The van der Waals surface area contributed by atoms with E-state index in [-0.39, 0.29) is 13.2 Å². The van der Waals surface area contributed by atoms with Gasteiger partial charge in [0.25, 0.3) is 0 Å². The average Bonchev–Trinajstić information content (AvgIpc) is 2.57. The molecule has 126 valence electrons. The van der Waals surface area contributed by atoms with Crippen LogP contribution >= 0.6 is 11.9 Å². The fourth-order valence-electron chi connectivity index (χ4n) is 2.60. The summed E-state index contributed by atoms with van der Waals surface area (Å²) in [5, 5.41) is 20.0. The van der Waals surface area contributed by atoms with Gasteiger partial charge in [-0.05, 0) is 48.3 Å². The Balaban J connectivity index is 2.03. The molecule has 6 N–H and O–H groups in total. The lowest BCUT2D eigenvalue weighted by molar-refractivity contribution is 0.226. The van der Waals surface area contributed by atoms with E-state index < -0.39 is 0 Å². The maximum absolute atomic E-state index is 9.12. The lowest BCUT2D eigenvalue weighted by Gasteiger charge is -2.19. The minimum atomic E-state index is 0.0359. The van der Waals surface area contributed by atoms with Crippen molar-refractivity contribution in [2.45, 2.75) is 4.90 Å². The number of fused-ring (bicyclic) bond motifs is 2. The van der Waals surface area contributed by atoms with Crippen molar-refractivity contribution in [3.63, 3.8) is 0 Å². The summed E-state index contributed by atoms with van der Waals surface area (Å²) >= 11 is 1.48. The fourth-order valence-corrected chi connectivity index (χ4v) is 3.55. The van der Waals surface area contributed by atoms with Crippen LogP contribution in [0.2, 0.25) is 0 Å². The summed E-state index contributed by atoms with van der Waals surface area (Å²) in [6.07, 6.45) is 0. The number of anilines is 2. The number of hydrogen-bond donors (Lipinski definition) is 4. The number of nitrogen functional groups attached to an aromatic ring is 2. The molecule has 0 atom stereocenters. The third-order valence-electron chi connectivity index (χ3n) is 3.74. The lowest BCUT2D eigenvalue weighted by Crippen LogP contribution is -2.22. The molecule has 0 radical (unpaired) electrons. The van der Waals surface area contributed by atoms with Gasteiger partial charge in [-0.3, -0.25) is 0 Å². The number of hydrogen-bond acceptors (Lipinski definition) is 7. The summed E-state index contributed by atoms with van der Waals surface area (Å²) in [6.45, 7) is 1.03. The molecule has 3 aromatic rings. The van der Waals surface area contributed by atoms with Crippen molar-refractivity contribution < 1.29 is 10.2 Å². The van der Waals surface area contributed by atoms with Crippen LogP contribution in [-0.2, 0) is 0 Å². The average molecular weight is 344 g/mol. The largest absolute Gasteiger partial charge is 0.399 e. The van der Waals surface area contributed by atoms with Crippen LogP contribution in [0.15, 0.2) is 41.3 Å². The maximum atomic E-state index is 9.12. The quantitative estimate of drug-likeness (QED) is 0.307. The van der Waals surface area contributed by atoms with Crippen LogP contribution < -0.4 is 11.5 Å². The van der Waals surface area contributed by atoms with Gasteiger partial charge in [0.15, 0.2) is 0 Å². The van der Waals surface area contributed by atoms with Crippen LogP contribution in [0.3, 0.4) is 0 Å². The first kappa shape index (κ1) is 16.8. The van der Waals surface area contributed by atoms with E-state index in [2.05, 4.69) is 4.98 Å². The standard InChI is InChI=1S/C17H20N4O2S/c18-11-1-3-15-13(9-11)17(19)14-10-12(2-4-16(14)20-15)24-21(5-7-22)6-8-23/h1-4,9-10,22-23H,5-8,18H2,(H2,19,20). The Morgan fingerprint density at radius 3 is 2.21 bits per heavy atom. The van der Waals surface area contributed by atoms with Gasteiger partial charge >= 0.3 is 0 Å². The first-order valence-electron chi connectivity index (χ1n) is 7.65. The monoisotopic (exact) mass is 344 g/mol. The van der Waals surface area contributed by atoms with Crippen LogP contribution in [0.4, 0.5) is 11.4 Å². The Labute approximate surface area is 144 Å². The van der Waals surface area contributed by atoms with Gasteiger partial charge in [-0.2, -0.15) is 0 Å². The number of pyridine rings is 1. The predicted octanol–water partition coefficient (Wildman–Crippen LogP) is 1.85.